The largest absolute Gasteiger partial charge is 0.370 e. The summed E-state index contributed by atoms with van der Waals surface area (Å²) in [5, 5.41) is 0. The molecule has 0 radical (unpaired) electrons. The molecule has 0 rings (SSSR count). The van der Waals surface area contributed by atoms with Gasteiger partial charge in [-0.15, -0.1) is 0 Å². The highest BCUT2D eigenvalue weighted by Gasteiger charge is 1.99. The smallest absolute Gasteiger partial charge is 0.217 e. The van der Waals surface area contributed by atoms with Crippen LogP contribution in [0.25, 0.3) is 0 Å². The Labute approximate surface area is 366 Å². The number of nitrogens with two attached hydrogens (primary N) is 2. The Morgan fingerprint density at radius 1 is 0.207 bits per heavy atom. The van der Waals surface area contributed by atoms with Crippen molar-refractivity contribution in [1.29, 1.82) is 0 Å². The molecule has 0 saturated carbocycles. The number of rotatable bonds is 50. The fourth-order valence-electron chi connectivity index (χ4n) is 8.52. The number of primary amides is 2. The average molecular weight is 819 g/mol. The van der Waals surface area contributed by atoms with Gasteiger partial charge in [0.1, 0.15) is 0 Å². The van der Waals surface area contributed by atoms with Crippen molar-refractivity contribution in [2.45, 2.75) is 335 Å². The Hall–Kier alpha value is -1.06. The fraction of sp³-hybridized carbons (Fsp3) is 0.963. The molecule has 4 nitrogen and oxygen atoms in total. The molecule has 0 spiro atoms. The van der Waals surface area contributed by atoms with E-state index in [1.54, 1.807) is 0 Å². The first-order chi connectivity index (χ1) is 28.5. The first-order valence-electron chi connectivity index (χ1n) is 27.1. The van der Waals surface area contributed by atoms with Crippen LogP contribution in [0.2, 0.25) is 0 Å². The van der Waals surface area contributed by atoms with Crippen molar-refractivity contribution in [3.63, 3.8) is 0 Å². The maximum atomic E-state index is 10.6. The topological polar surface area (TPSA) is 86.2 Å². The molecule has 0 aliphatic rings. The van der Waals surface area contributed by atoms with E-state index in [1.165, 1.54) is 295 Å². The minimum absolute atomic E-state index is 0.149. The van der Waals surface area contributed by atoms with Crippen molar-refractivity contribution in [1.82, 2.24) is 0 Å². The number of carbonyl (C=O) groups excluding carboxylic acids is 2. The van der Waals surface area contributed by atoms with Crippen LogP contribution < -0.4 is 11.5 Å². The molecule has 0 unspecified atom stereocenters. The van der Waals surface area contributed by atoms with Crippen LogP contribution in [-0.2, 0) is 9.59 Å². The molecule has 4 N–H and O–H groups in total. The van der Waals surface area contributed by atoms with Crippen LogP contribution in [0.5, 0.6) is 0 Å². The molecule has 0 heterocycles. The number of carbonyl (C=O) groups is 2. The van der Waals surface area contributed by atoms with E-state index in [9.17, 15) is 9.59 Å². The molecule has 0 aliphatic heterocycles. The second-order valence-electron chi connectivity index (χ2n) is 18.7. The SMILES string of the molecule is CCCCCCCCCCCCCCCCCCCCCCCCCCC(N)=O.CCCCCCCCCCCCCCCCCCCCCCCCCCC(N)=O. The highest BCUT2D eigenvalue weighted by molar-refractivity contribution is 5.73. The summed E-state index contributed by atoms with van der Waals surface area (Å²) in [7, 11) is 0. The highest BCUT2D eigenvalue weighted by Crippen LogP contribution is 2.18. The maximum Gasteiger partial charge on any atom is 0.217 e. The zero-order valence-corrected chi connectivity index (χ0v) is 40.3. The minimum Gasteiger partial charge on any atom is -0.370 e. The maximum absolute atomic E-state index is 10.6. The molecule has 0 atom stereocenters. The first-order valence-corrected chi connectivity index (χ1v) is 27.1. The van der Waals surface area contributed by atoms with E-state index < -0.39 is 0 Å². The van der Waals surface area contributed by atoms with Gasteiger partial charge in [-0.25, -0.2) is 0 Å². The highest BCUT2D eigenvalue weighted by atomic mass is 16.1. The number of amides is 2. The van der Waals surface area contributed by atoms with Gasteiger partial charge in [-0.1, -0.05) is 309 Å². The summed E-state index contributed by atoms with van der Waals surface area (Å²) >= 11 is 0. The molecule has 0 aromatic heterocycles. The van der Waals surface area contributed by atoms with Crippen LogP contribution in [0, 0.1) is 0 Å². The molecule has 4 heteroatoms. The van der Waals surface area contributed by atoms with Crippen LogP contribution in [-0.4, -0.2) is 11.8 Å². The molecular formula is C54H110N2O2. The van der Waals surface area contributed by atoms with E-state index in [0.29, 0.717) is 12.8 Å². The van der Waals surface area contributed by atoms with Gasteiger partial charge in [0.05, 0.1) is 0 Å². The normalized spacial score (nSPS) is 11.2. The number of hydrogen-bond acceptors (Lipinski definition) is 2. The zero-order valence-electron chi connectivity index (χ0n) is 40.3. The molecule has 0 bridgehead atoms. The molecule has 348 valence electrons. The Balaban J connectivity index is 0. The lowest BCUT2D eigenvalue weighted by atomic mass is 10.0. The summed E-state index contributed by atoms with van der Waals surface area (Å²) in [6.45, 7) is 4.59. The van der Waals surface area contributed by atoms with E-state index in [1.807, 2.05) is 0 Å². The molecule has 0 aromatic rings. The van der Waals surface area contributed by atoms with Crippen LogP contribution in [0.1, 0.15) is 335 Å². The second-order valence-corrected chi connectivity index (χ2v) is 18.7. The van der Waals surface area contributed by atoms with Gasteiger partial charge in [-0.2, -0.15) is 0 Å². The lowest BCUT2D eigenvalue weighted by molar-refractivity contribution is -0.119. The molecule has 58 heavy (non-hydrogen) atoms. The van der Waals surface area contributed by atoms with Crippen molar-refractivity contribution in [2.24, 2.45) is 11.5 Å². The van der Waals surface area contributed by atoms with Gasteiger partial charge in [0, 0.05) is 12.8 Å². The van der Waals surface area contributed by atoms with E-state index in [4.69, 9.17) is 11.5 Å². The Bertz CT molecular complexity index is 693. The van der Waals surface area contributed by atoms with Crippen molar-refractivity contribution in [3.8, 4) is 0 Å². The van der Waals surface area contributed by atoms with Crippen LogP contribution in [0.4, 0.5) is 0 Å². The van der Waals surface area contributed by atoms with Crippen molar-refractivity contribution >= 4 is 11.8 Å². The van der Waals surface area contributed by atoms with Gasteiger partial charge in [0.25, 0.3) is 0 Å². The number of unbranched alkanes of at least 4 members (excludes halogenated alkanes) is 46. The predicted octanol–water partition coefficient (Wildman–Crippen LogP) is 18.5. The fourth-order valence-corrected chi connectivity index (χ4v) is 8.52. The molecule has 2 amide bonds. The number of hydrogen-bond donors (Lipinski definition) is 2. The van der Waals surface area contributed by atoms with Gasteiger partial charge in [0.15, 0.2) is 0 Å². The summed E-state index contributed by atoms with van der Waals surface area (Å²) in [5.41, 5.74) is 10.3. The van der Waals surface area contributed by atoms with Crippen molar-refractivity contribution < 1.29 is 9.59 Å². The van der Waals surface area contributed by atoms with E-state index in [2.05, 4.69) is 13.8 Å². The minimum atomic E-state index is -0.149. The van der Waals surface area contributed by atoms with Gasteiger partial charge in [-0.3, -0.25) is 9.59 Å². The summed E-state index contributed by atoms with van der Waals surface area (Å²) in [6.07, 6.45) is 68.5. The quantitative estimate of drug-likeness (QED) is 0.0599. The third-order valence-electron chi connectivity index (χ3n) is 12.6. The molecule has 0 saturated heterocycles. The third kappa shape index (κ3) is 61.6. The third-order valence-corrected chi connectivity index (χ3v) is 12.6. The Morgan fingerprint density at radius 3 is 0.414 bits per heavy atom. The average Bonchev–Trinajstić information content (AvgIpc) is 3.21. The second kappa shape index (κ2) is 55.9. The summed E-state index contributed by atoms with van der Waals surface area (Å²) in [5.74, 6) is -0.299. The van der Waals surface area contributed by atoms with Crippen LogP contribution in [0.15, 0.2) is 0 Å². The predicted molar refractivity (Wildman–Crippen MR) is 261 cm³/mol. The van der Waals surface area contributed by atoms with E-state index in [0.717, 1.165) is 12.8 Å². The van der Waals surface area contributed by atoms with Crippen molar-refractivity contribution in [3.05, 3.63) is 0 Å². The lowest BCUT2D eigenvalue weighted by Crippen LogP contribution is -2.09. The van der Waals surface area contributed by atoms with Gasteiger partial charge >= 0.3 is 0 Å². The monoisotopic (exact) mass is 819 g/mol. The standard InChI is InChI=1S/2C27H55NO/c2*1-2-3-4-5-6-7-8-9-10-11-12-13-14-15-16-17-18-19-20-21-22-23-24-25-26-27(28)29/h2*2-26H2,1H3,(H2,28,29). The van der Waals surface area contributed by atoms with Gasteiger partial charge < -0.3 is 11.5 Å². The van der Waals surface area contributed by atoms with Crippen molar-refractivity contribution in [2.75, 3.05) is 0 Å². The Morgan fingerprint density at radius 2 is 0.310 bits per heavy atom. The van der Waals surface area contributed by atoms with Gasteiger partial charge in [-0.05, 0) is 12.8 Å². The molecular weight excluding hydrogens is 709 g/mol. The molecule has 0 aliphatic carbocycles. The first kappa shape index (κ1) is 59.0. The summed E-state index contributed by atoms with van der Waals surface area (Å²) < 4.78 is 0. The zero-order chi connectivity index (χ0) is 42.5. The van der Waals surface area contributed by atoms with Crippen LogP contribution >= 0.6 is 0 Å². The van der Waals surface area contributed by atoms with Crippen LogP contribution in [0.3, 0.4) is 0 Å². The van der Waals surface area contributed by atoms with Gasteiger partial charge in [0.2, 0.25) is 11.8 Å². The Kier molecular flexibility index (Phi) is 56.9. The summed E-state index contributed by atoms with van der Waals surface area (Å²) in [4.78, 5) is 21.3. The van der Waals surface area contributed by atoms with E-state index in [-0.39, 0.29) is 11.8 Å². The summed E-state index contributed by atoms with van der Waals surface area (Å²) in [6, 6.07) is 0. The molecule has 0 aromatic carbocycles. The lowest BCUT2D eigenvalue weighted by Gasteiger charge is -2.04. The van der Waals surface area contributed by atoms with E-state index >= 15 is 0 Å². The molecule has 0 fully saturated rings.